The Balaban J connectivity index is 1.63. The van der Waals surface area contributed by atoms with E-state index in [1.807, 2.05) is 19.1 Å². The van der Waals surface area contributed by atoms with E-state index in [4.69, 9.17) is 4.74 Å². The molecule has 0 saturated carbocycles. The molecule has 1 aromatic carbocycles. The highest BCUT2D eigenvalue weighted by Gasteiger charge is 2.30. The number of hydrogen-bond donors (Lipinski definition) is 1. The van der Waals surface area contributed by atoms with Crippen molar-refractivity contribution in [2.75, 3.05) is 11.9 Å². The number of rotatable bonds is 5. The first kappa shape index (κ1) is 20.1. The number of carbonyl (C=O) groups is 2. The van der Waals surface area contributed by atoms with Gasteiger partial charge in [-0.2, -0.15) is 0 Å². The molecule has 5 heteroatoms. The largest absolute Gasteiger partial charge is 0.462 e. The van der Waals surface area contributed by atoms with Crippen LogP contribution in [0.15, 0.2) is 18.2 Å². The summed E-state index contributed by atoms with van der Waals surface area (Å²) < 4.78 is 5.32. The summed E-state index contributed by atoms with van der Waals surface area (Å²) >= 11 is 1.55. The predicted molar refractivity (Wildman–Crippen MR) is 117 cm³/mol. The molecule has 29 heavy (non-hydrogen) atoms. The van der Waals surface area contributed by atoms with Crippen molar-refractivity contribution in [2.45, 2.75) is 65.2 Å². The third-order valence-electron chi connectivity index (χ3n) is 6.26. The van der Waals surface area contributed by atoms with Gasteiger partial charge in [-0.05, 0) is 86.6 Å². The Morgan fingerprint density at radius 2 is 1.93 bits per heavy atom. The van der Waals surface area contributed by atoms with Gasteiger partial charge < -0.3 is 10.1 Å². The highest BCUT2D eigenvalue weighted by molar-refractivity contribution is 7.17. The molecule has 0 aliphatic heterocycles. The van der Waals surface area contributed by atoms with Crippen molar-refractivity contribution >= 4 is 28.2 Å². The quantitative estimate of drug-likeness (QED) is 0.654. The second-order valence-electron chi connectivity index (χ2n) is 8.09. The van der Waals surface area contributed by atoms with E-state index >= 15 is 0 Å². The number of carbonyl (C=O) groups excluding carboxylic acids is 2. The first-order chi connectivity index (χ1) is 14.1. The van der Waals surface area contributed by atoms with Crippen molar-refractivity contribution in [1.82, 2.24) is 0 Å². The van der Waals surface area contributed by atoms with E-state index < -0.39 is 0 Å². The lowest BCUT2D eigenvalue weighted by atomic mass is 9.85. The topological polar surface area (TPSA) is 55.4 Å². The van der Waals surface area contributed by atoms with E-state index in [9.17, 15) is 9.59 Å². The summed E-state index contributed by atoms with van der Waals surface area (Å²) in [6.07, 6.45) is 8.64. The lowest BCUT2D eigenvalue weighted by Gasteiger charge is -2.20. The highest BCUT2D eigenvalue weighted by Crippen LogP contribution is 2.41. The maximum absolute atomic E-state index is 13.0. The molecule has 0 radical (unpaired) electrons. The van der Waals surface area contributed by atoms with Crippen molar-refractivity contribution in [3.05, 3.63) is 50.9 Å². The standard InChI is InChI=1S/C24H29NO3S/c1-3-15-9-12-19-20(13-15)29-23(21(19)24(27)28-4-2)25-22(26)18-11-10-16-7-5-6-8-17(16)14-18/h10-11,14-15H,3-9,12-13H2,1-2H3,(H,25,26). The maximum atomic E-state index is 13.0. The van der Waals surface area contributed by atoms with Gasteiger partial charge in [0, 0.05) is 10.4 Å². The Kier molecular flexibility index (Phi) is 6.04. The average molecular weight is 412 g/mol. The number of amides is 1. The number of hydrogen-bond acceptors (Lipinski definition) is 4. The Bertz CT molecular complexity index is 930. The zero-order valence-corrected chi connectivity index (χ0v) is 18.1. The molecular weight excluding hydrogens is 382 g/mol. The molecule has 0 fully saturated rings. The summed E-state index contributed by atoms with van der Waals surface area (Å²) in [4.78, 5) is 26.9. The zero-order chi connectivity index (χ0) is 20.4. The van der Waals surface area contributed by atoms with Gasteiger partial charge in [-0.25, -0.2) is 4.79 Å². The van der Waals surface area contributed by atoms with E-state index in [0.29, 0.717) is 28.7 Å². The fourth-order valence-electron chi connectivity index (χ4n) is 4.56. The molecule has 1 N–H and O–H groups in total. The fraction of sp³-hybridized carbons (Fsp3) is 0.500. The molecule has 1 heterocycles. The van der Waals surface area contributed by atoms with Gasteiger partial charge in [0.25, 0.3) is 5.91 Å². The Morgan fingerprint density at radius 3 is 2.69 bits per heavy atom. The van der Waals surface area contributed by atoms with Gasteiger partial charge in [0.2, 0.25) is 0 Å². The van der Waals surface area contributed by atoms with Crippen LogP contribution < -0.4 is 5.32 Å². The minimum atomic E-state index is -0.319. The minimum Gasteiger partial charge on any atom is -0.462 e. The Morgan fingerprint density at radius 1 is 1.14 bits per heavy atom. The number of esters is 1. The Hall–Kier alpha value is -2.14. The molecule has 4 rings (SSSR count). The molecule has 0 spiro atoms. The molecular formula is C24H29NO3S. The summed E-state index contributed by atoms with van der Waals surface area (Å²) in [5.74, 6) is 0.190. The van der Waals surface area contributed by atoms with Crippen LogP contribution in [0, 0.1) is 5.92 Å². The summed E-state index contributed by atoms with van der Waals surface area (Å²) in [5, 5.41) is 3.69. The Labute approximate surface area is 176 Å². The van der Waals surface area contributed by atoms with Crippen molar-refractivity contribution in [3.63, 3.8) is 0 Å². The minimum absolute atomic E-state index is 0.144. The van der Waals surface area contributed by atoms with E-state index in [0.717, 1.165) is 44.1 Å². The van der Waals surface area contributed by atoms with Crippen molar-refractivity contribution in [3.8, 4) is 0 Å². The predicted octanol–water partition coefficient (Wildman–Crippen LogP) is 5.57. The summed E-state index contributed by atoms with van der Waals surface area (Å²) in [6.45, 7) is 4.36. The highest BCUT2D eigenvalue weighted by atomic mass is 32.1. The van der Waals surface area contributed by atoms with Crippen molar-refractivity contribution in [1.29, 1.82) is 0 Å². The molecule has 154 valence electrons. The maximum Gasteiger partial charge on any atom is 0.341 e. The van der Waals surface area contributed by atoms with E-state index in [2.05, 4.69) is 18.3 Å². The van der Waals surface area contributed by atoms with Gasteiger partial charge in [-0.3, -0.25) is 4.79 Å². The molecule has 1 unspecified atom stereocenters. The number of nitrogens with one attached hydrogen (secondary N) is 1. The van der Waals surface area contributed by atoms with Gasteiger partial charge in [-0.15, -0.1) is 11.3 Å². The van der Waals surface area contributed by atoms with Crippen molar-refractivity contribution < 1.29 is 14.3 Å². The average Bonchev–Trinajstić information content (AvgIpc) is 3.10. The summed E-state index contributed by atoms with van der Waals surface area (Å²) in [6, 6.07) is 6.01. The molecule has 4 nitrogen and oxygen atoms in total. The molecule has 0 bridgehead atoms. The number of thiophene rings is 1. The number of fused-ring (bicyclic) bond motifs is 2. The van der Waals surface area contributed by atoms with Crippen LogP contribution in [-0.2, 0) is 30.4 Å². The van der Waals surface area contributed by atoms with E-state index in [-0.39, 0.29) is 11.9 Å². The van der Waals surface area contributed by atoms with E-state index in [1.54, 1.807) is 11.3 Å². The third-order valence-corrected chi connectivity index (χ3v) is 7.43. The lowest BCUT2D eigenvalue weighted by Crippen LogP contribution is -2.17. The second-order valence-corrected chi connectivity index (χ2v) is 9.20. The number of anilines is 1. The molecule has 1 atom stereocenters. The number of ether oxygens (including phenoxy) is 1. The van der Waals surface area contributed by atoms with Crippen LogP contribution >= 0.6 is 11.3 Å². The first-order valence-corrected chi connectivity index (χ1v) is 11.7. The van der Waals surface area contributed by atoms with Gasteiger partial charge in [0.05, 0.1) is 12.2 Å². The van der Waals surface area contributed by atoms with Gasteiger partial charge in [0.1, 0.15) is 5.00 Å². The van der Waals surface area contributed by atoms with Crippen LogP contribution in [0.4, 0.5) is 5.00 Å². The zero-order valence-electron chi connectivity index (χ0n) is 17.3. The first-order valence-electron chi connectivity index (χ1n) is 10.9. The summed E-state index contributed by atoms with van der Waals surface area (Å²) in [5.41, 5.74) is 4.97. The van der Waals surface area contributed by atoms with Crippen LogP contribution in [-0.4, -0.2) is 18.5 Å². The number of aryl methyl sites for hydroxylation is 2. The fourth-order valence-corrected chi connectivity index (χ4v) is 5.90. The lowest BCUT2D eigenvalue weighted by molar-refractivity contribution is 0.0526. The van der Waals surface area contributed by atoms with Crippen LogP contribution in [0.2, 0.25) is 0 Å². The van der Waals surface area contributed by atoms with Crippen LogP contribution in [0.1, 0.15) is 81.8 Å². The van der Waals surface area contributed by atoms with Crippen LogP contribution in [0.25, 0.3) is 0 Å². The summed E-state index contributed by atoms with van der Waals surface area (Å²) in [7, 11) is 0. The van der Waals surface area contributed by atoms with Gasteiger partial charge in [0.15, 0.2) is 0 Å². The number of benzene rings is 1. The van der Waals surface area contributed by atoms with Crippen LogP contribution in [0.3, 0.4) is 0 Å². The molecule has 2 aliphatic rings. The molecule has 2 aliphatic carbocycles. The van der Waals surface area contributed by atoms with E-state index in [1.165, 1.54) is 28.8 Å². The van der Waals surface area contributed by atoms with Gasteiger partial charge >= 0.3 is 5.97 Å². The molecule has 1 aromatic heterocycles. The molecule has 2 aromatic rings. The SMILES string of the molecule is CCOC(=O)c1c(NC(=O)c2ccc3c(c2)CCCC3)sc2c1CCC(CC)C2. The molecule has 0 saturated heterocycles. The van der Waals surface area contributed by atoms with Crippen molar-refractivity contribution in [2.24, 2.45) is 5.92 Å². The van der Waals surface area contributed by atoms with Gasteiger partial charge in [-0.1, -0.05) is 19.4 Å². The van der Waals surface area contributed by atoms with Crippen LogP contribution in [0.5, 0.6) is 0 Å². The smallest absolute Gasteiger partial charge is 0.341 e. The normalized spacial score (nSPS) is 17.9. The monoisotopic (exact) mass is 411 g/mol. The third kappa shape index (κ3) is 4.11. The molecule has 1 amide bonds. The second kappa shape index (κ2) is 8.70.